The molecule has 2 atom stereocenters. The minimum absolute atomic E-state index is 0.184. The number of hydrogen-bond acceptors (Lipinski definition) is 1. The third kappa shape index (κ3) is 3.37. The number of ether oxygens (including phenoxy) is 1. The molecule has 2 aromatic carbocycles. The molecular formula is C19H20O. The maximum absolute atomic E-state index is 6.34. The lowest BCUT2D eigenvalue weighted by Gasteiger charge is -2.22. The zero-order chi connectivity index (χ0) is 13.6. The first kappa shape index (κ1) is 13.1. The van der Waals surface area contributed by atoms with Gasteiger partial charge in [-0.15, -0.1) is 0 Å². The fraction of sp³-hybridized carbons (Fsp3) is 0.263. The van der Waals surface area contributed by atoms with E-state index >= 15 is 0 Å². The number of hydrogen-bond donors (Lipinski definition) is 0. The van der Waals surface area contributed by atoms with Crippen molar-refractivity contribution in [2.45, 2.75) is 31.5 Å². The van der Waals surface area contributed by atoms with Crippen LogP contribution in [0.2, 0.25) is 0 Å². The monoisotopic (exact) mass is 264 g/mol. The second-order valence-corrected chi connectivity index (χ2v) is 5.29. The number of rotatable bonds is 3. The Morgan fingerprint density at radius 1 is 0.800 bits per heavy atom. The molecule has 1 heterocycles. The molecule has 3 rings (SSSR count). The van der Waals surface area contributed by atoms with E-state index in [0.717, 1.165) is 19.3 Å². The van der Waals surface area contributed by atoms with Crippen LogP contribution in [0.25, 0.3) is 0 Å². The minimum Gasteiger partial charge on any atom is -0.369 e. The van der Waals surface area contributed by atoms with E-state index in [4.69, 9.17) is 4.74 Å². The number of benzene rings is 2. The highest BCUT2D eigenvalue weighted by atomic mass is 16.5. The Morgan fingerprint density at radius 3 is 2.20 bits per heavy atom. The van der Waals surface area contributed by atoms with Gasteiger partial charge in [0.15, 0.2) is 0 Å². The van der Waals surface area contributed by atoms with Crippen LogP contribution in [0.1, 0.15) is 30.1 Å². The van der Waals surface area contributed by atoms with Gasteiger partial charge < -0.3 is 4.74 Å². The molecule has 0 saturated heterocycles. The molecular weight excluding hydrogens is 244 g/mol. The fourth-order valence-corrected chi connectivity index (χ4v) is 2.70. The third-order valence-electron chi connectivity index (χ3n) is 3.75. The average Bonchev–Trinajstić information content (AvgIpc) is 2.75. The van der Waals surface area contributed by atoms with Crippen molar-refractivity contribution in [3.63, 3.8) is 0 Å². The zero-order valence-electron chi connectivity index (χ0n) is 11.6. The van der Waals surface area contributed by atoms with Gasteiger partial charge in [-0.2, -0.15) is 0 Å². The van der Waals surface area contributed by atoms with Crippen molar-refractivity contribution in [3.05, 3.63) is 83.9 Å². The van der Waals surface area contributed by atoms with Gasteiger partial charge in [-0.3, -0.25) is 0 Å². The Bertz CT molecular complexity index is 544. The Balaban J connectivity index is 1.71. The quantitative estimate of drug-likeness (QED) is 0.730. The maximum atomic E-state index is 6.34. The van der Waals surface area contributed by atoms with Crippen LogP contribution >= 0.6 is 0 Å². The molecule has 0 aromatic heterocycles. The lowest BCUT2D eigenvalue weighted by molar-refractivity contribution is -0.00599. The van der Waals surface area contributed by atoms with Gasteiger partial charge in [-0.25, -0.2) is 0 Å². The van der Waals surface area contributed by atoms with E-state index in [1.54, 1.807) is 0 Å². The van der Waals surface area contributed by atoms with E-state index < -0.39 is 0 Å². The van der Waals surface area contributed by atoms with E-state index in [-0.39, 0.29) is 12.2 Å². The molecule has 0 saturated carbocycles. The minimum atomic E-state index is 0.184. The van der Waals surface area contributed by atoms with Crippen molar-refractivity contribution in [1.29, 1.82) is 0 Å². The van der Waals surface area contributed by atoms with Crippen LogP contribution in [0.5, 0.6) is 0 Å². The van der Waals surface area contributed by atoms with Crippen LogP contribution in [-0.2, 0) is 11.2 Å². The van der Waals surface area contributed by atoms with E-state index in [2.05, 4.69) is 72.8 Å². The highest BCUT2D eigenvalue weighted by Gasteiger charge is 2.19. The van der Waals surface area contributed by atoms with Crippen LogP contribution in [0.4, 0.5) is 0 Å². The second kappa shape index (κ2) is 6.53. The van der Waals surface area contributed by atoms with Gasteiger partial charge >= 0.3 is 0 Å². The molecule has 0 N–H and O–H groups in total. The van der Waals surface area contributed by atoms with Gasteiger partial charge in [0, 0.05) is 0 Å². The molecule has 0 fully saturated rings. The first-order chi connectivity index (χ1) is 9.92. The summed E-state index contributed by atoms with van der Waals surface area (Å²) in [5.74, 6) is 0. The Hall–Kier alpha value is -1.86. The molecule has 20 heavy (non-hydrogen) atoms. The van der Waals surface area contributed by atoms with Crippen molar-refractivity contribution < 1.29 is 4.74 Å². The third-order valence-corrected chi connectivity index (χ3v) is 3.75. The summed E-state index contributed by atoms with van der Waals surface area (Å²) < 4.78 is 6.34. The van der Waals surface area contributed by atoms with E-state index in [1.807, 2.05) is 0 Å². The standard InChI is InChI=1S/C19H20O/c1-3-9-16(10-4-1)15-18-13-7-8-14-19(20-18)17-11-5-2-6-12-17/h1-12,18-19H,13-15H2/t18-,19+/m0/s1. The Labute approximate surface area is 120 Å². The topological polar surface area (TPSA) is 9.23 Å². The normalized spacial score (nSPS) is 22.4. The summed E-state index contributed by atoms with van der Waals surface area (Å²) in [5, 5.41) is 0. The van der Waals surface area contributed by atoms with Gasteiger partial charge in [-0.05, 0) is 30.4 Å². The van der Waals surface area contributed by atoms with Gasteiger partial charge in [0.2, 0.25) is 0 Å². The Morgan fingerprint density at radius 2 is 1.45 bits per heavy atom. The van der Waals surface area contributed by atoms with Crippen LogP contribution in [0, 0.1) is 0 Å². The average molecular weight is 264 g/mol. The molecule has 102 valence electrons. The Kier molecular flexibility index (Phi) is 4.29. The molecule has 0 radical (unpaired) electrons. The maximum Gasteiger partial charge on any atom is 0.0863 e. The molecule has 0 amide bonds. The van der Waals surface area contributed by atoms with Crippen LogP contribution < -0.4 is 0 Å². The summed E-state index contributed by atoms with van der Waals surface area (Å²) in [5.41, 5.74) is 2.62. The van der Waals surface area contributed by atoms with Crippen molar-refractivity contribution in [2.75, 3.05) is 0 Å². The highest BCUT2D eigenvalue weighted by molar-refractivity contribution is 5.20. The van der Waals surface area contributed by atoms with E-state index in [1.165, 1.54) is 11.1 Å². The predicted molar refractivity (Wildman–Crippen MR) is 82.6 cm³/mol. The summed E-state index contributed by atoms with van der Waals surface area (Å²) in [6.45, 7) is 0. The van der Waals surface area contributed by atoms with Crippen molar-refractivity contribution in [3.8, 4) is 0 Å². The second-order valence-electron chi connectivity index (χ2n) is 5.29. The largest absolute Gasteiger partial charge is 0.369 e. The molecule has 2 aromatic rings. The molecule has 1 aliphatic rings. The smallest absolute Gasteiger partial charge is 0.0863 e. The van der Waals surface area contributed by atoms with Gasteiger partial charge in [0.1, 0.15) is 0 Å². The molecule has 0 spiro atoms. The predicted octanol–water partition coefficient (Wildman–Crippen LogP) is 4.71. The summed E-state index contributed by atoms with van der Waals surface area (Å²) in [6, 6.07) is 21.1. The summed E-state index contributed by atoms with van der Waals surface area (Å²) >= 11 is 0. The van der Waals surface area contributed by atoms with E-state index in [9.17, 15) is 0 Å². The first-order valence-electron chi connectivity index (χ1n) is 7.31. The zero-order valence-corrected chi connectivity index (χ0v) is 11.6. The first-order valence-corrected chi connectivity index (χ1v) is 7.31. The highest BCUT2D eigenvalue weighted by Crippen LogP contribution is 2.28. The van der Waals surface area contributed by atoms with Crippen LogP contribution in [-0.4, -0.2) is 6.10 Å². The lowest BCUT2D eigenvalue weighted by atomic mass is 10.1. The van der Waals surface area contributed by atoms with Crippen LogP contribution in [0.3, 0.4) is 0 Å². The van der Waals surface area contributed by atoms with Crippen molar-refractivity contribution >= 4 is 0 Å². The van der Waals surface area contributed by atoms with Crippen molar-refractivity contribution in [1.82, 2.24) is 0 Å². The van der Waals surface area contributed by atoms with E-state index in [0.29, 0.717) is 0 Å². The van der Waals surface area contributed by atoms with Crippen LogP contribution in [0.15, 0.2) is 72.8 Å². The molecule has 1 aliphatic heterocycles. The molecule has 1 heteroatoms. The molecule has 0 aliphatic carbocycles. The van der Waals surface area contributed by atoms with Gasteiger partial charge in [-0.1, -0.05) is 72.8 Å². The molecule has 1 nitrogen and oxygen atoms in total. The molecule has 0 bridgehead atoms. The van der Waals surface area contributed by atoms with Gasteiger partial charge in [0.05, 0.1) is 12.2 Å². The summed E-state index contributed by atoms with van der Waals surface area (Å²) in [4.78, 5) is 0. The van der Waals surface area contributed by atoms with Crippen molar-refractivity contribution in [2.24, 2.45) is 0 Å². The summed E-state index contributed by atoms with van der Waals surface area (Å²) in [6.07, 6.45) is 7.91. The summed E-state index contributed by atoms with van der Waals surface area (Å²) in [7, 11) is 0. The SMILES string of the molecule is C1=CC[C@H](c2ccccc2)O[C@H](Cc2ccccc2)C1. The van der Waals surface area contributed by atoms with Gasteiger partial charge in [0.25, 0.3) is 0 Å². The lowest BCUT2D eigenvalue weighted by Crippen LogP contribution is -2.17. The molecule has 0 unspecified atom stereocenters. The fourth-order valence-electron chi connectivity index (χ4n) is 2.70.